The van der Waals surface area contributed by atoms with Crippen molar-refractivity contribution in [3.05, 3.63) is 35.4 Å². The Labute approximate surface area is 116 Å². The lowest BCUT2D eigenvalue weighted by Gasteiger charge is -2.29. The molecule has 108 valence electrons. The van der Waals surface area contributed by atoms with Crippen LogP contribution in [-0.4, -0.2) is 45.0 Å². The molecule has 0 aliphatic rings. The minimum atomic E-state index is -0.200. The van der Waals surface area contributed by atoms with E-state index in [-0.39, 0.29) is 12.3 Å². The van der Waals surface area contributed by atoms with Crippen LogP contribution in [0.2, 0.25) is 0 Å². The van der Waals surface area contributed by atoms with Crippen molar-refractivity contribution in [3.8, 4) is 0 Å². The highest BCUT2D eigenvalue weighted by atomic mass is 16.7. The van der Waals surface area contributed by atoms with Crippen molar-refractivity contribution in [2.75, 3.05) is 27.8 Å². The fourth-order valence-electron chi connectivity index (χ4n) is 2.08. The molecule has 0 bridgehead atoms. The number of aryl methyl sites for hydroxylation is 1. The van der Waals surface area contributed by atoms with Crippen molar-refractivity contribution in [2.45, 2.75) is 32.2 Å². The van der Waals surface area contributed by atoms with Crippen molar-refractivity contribution in [1.82, 2.24) is 4.90 Å². The summed E-state index contributed by atoms with van der Waals surface area (Å²) in [6.45, 7) is 3.56. The fraction of sp³-hybridized carbons (Fsp3) is 0.600. The average molecular weight is 266 g/mol. The Bertz CT molecular complexity index is 350. The van der Waals surface area contributed by atoms with Crippen molar-refractivity contribution < 1.29 is 9.47 Å². The van der Waals surface area contributed by atoms with E-state index in [4.69, 9.17) is 15.2 Å². The van der Waals surface area contributed by atoms with Gasteiger partial charge in [-0.25, -0.2) is 0 Å². The summed E-state index contributed by atoms with van der Waals surface area (Å²) in [6.07, 6.45) is 0.570. The maximum absolute atomic E-state index is 5.86. The van der Waals surface area contributed by atoms with Gasteiger partial charge in [0.15, 0.2) is 6.29 Å². The lowest BCUT2D eigenvalue weighted by atomic mass is 10.1. The van der Waals surface area contributed by atoms with E-state index in [9.17, 15) is 0 Å². The number of rotatable bonds is 8. The number of hydrogen-bond donors (Lipinski definition) is 1. The van der Waals surface area contributed by atoms with Crippen LogP contribution in [0, 0.1) is 6.92 Å². The molecule has 1 atom stereocenters. The van der Waals surface area contributed by atoms with Crippen molar-refractivity contribution in [2.24, 2.45) is 5.73 Å². The Morgan fingerprint density at radius 2 is 1.74 bits per heavy atom. The molecule has 2 N–H and O–H groups in total. The van der Waals surface area contributed by atoms with E-state index < -0.39 is 0 Å². The Kier molecular flexibility index (Phi) is 7.02. The molecule has 0 amide bonds. The van der Waals surface area contributed by atoms with Gasteiger partial charge in [-0.1, -0.05) is 29.8 Å². The van der Waals surface area contributed by atoms with Crippen molar-refractivity contribution in [1.29, 1.82) is 0 Å². The summed E-state index contributed by atoms with van der Waals surface area (Å²) in [5.74, 6) is 0. The van der Waals surface area contributed by atoms with Gasteiger partial charge in [0.05, 0.1) is 0 Å². The topological polar surface area (TPSA) is 47.7 Å². The zero-order chi connectivity index (χ0) is 14.3. The number of methoxy groups -OCH3 is 2. The zero-order valence-corrected chi connectivity index (χ0v) is 12.4. The standard InChI is InChI=1S/C15H26N2O2/c1-12-5-7-13(8-6-12)11-17(2)14(10-16)9-15(18-3)19-4/h5-8,14-15H,9-11,16H2,1-4H3. The van der Waals surface area contributed by atoms with E-state index in [0.29, 0.717) is 6.54 Å². The quantitative estimate of drug-likeness (QED) is 0.728. The Hall–Kier alpha value is -0.940. The molecule has 0 aromatic heterocycles. The number of nitrogens with two attached hydrogens (primary N) is 1. The summed E-state index contributed by atoms with van der Waals surface area (Å²) in [5.41, 5.74) is 8.42. The van der Waals surface area contributed by atoms with E-state index in [1.165, 1.54) is 11.1 Å². The van der Waals surface area contributed by atoms with Crippen LogP contribution >= 0.6 is 0 Å². The molecule has 4 heteroatoms. The molecule has 0 radical (unpaired) electrons. The molecule has 0 saturated carbocycles. The first kappa shape index (κ1) is 16.1. The van der Waals surface area contributed by atoms with Crippen LogP contribution in [0.3, 0.4) is 0 Å². The molecule has 1 aromatic rings. The fourth-order valence-corrected chi connectivity index (χ4v) is 2.08. The summed E-state index contributed by atoms with van der Waals surface area (Å²) in [4.78, 5) is 2.25. The molecule has 1 unspecified atom stereocenters. The highest BCUT2D eigenvalue weighted by Crippen LogP contribution is 2.12. The smallest absolute Gasteiger partial charge is 0.158 e. The van der Waals surface area contributed by atoms with Crippen LogP contribution < -0.4 is 5.73 Å². The maximum Gasteiger partial charge on any atom is 0.158 e. The van der Waals surface area contributed by atoms with Gasteiger partial charge in [-0.15, -0.1) is 0 Å². The van der Waals surface area contributed by atoms with Gasteiger partial charge in [-0.05, 0) is 19.5 Å². The summed E-state index contributed by atoms with van der Waals surface area (Å²) in [5, 5.41) is 0. The van der Waals surface area contributed by atoms with E-state index in [1.807, 2.05) is 0 Å². The third-order valence-corrected chi connectivity index (χ3v) is 3.44. The number of benzene rings is 1. The molecule has 1 rings (SSSR count). The summed E-state index contributed by atoms with van der Waals surface area (Å²) >= 11 is 0. The second-order valence-electron chi connectivity index (χ2n) is 4.93. The van der Waals surface area contributed by atoms with E-state index >= 15 is 0 Å². The normalized spacial score (nSPS) is 13.2. The van der Waals surface area contributed by atoms with Crippen LogP contribution in [-0.2, 0) is 16.0 Å². The first-order chi connectivity index (χ1) is 9.10. The summed E-state index contributed by atoms with van der Waals surface area (Å²) in [6, 6.07) is 8.82. The monoisotopic (exact) mass is 266 g/mol. The highest BCUT2D eigenvalue weighted by Gasteiger charge is 2.18. The molecule has 4 nitrogen and oxygen atoms in total. The van der Waals surface area contributed by atoms with Crippen LogP contribution in [0.1, 0.15) is 17.5 Å². The summed E-state index contributed by atoms with van der Waals surface area (Å²) < 4.78 is 10.5. The van der Waals surface area contributed by atoms with Crippen LogP contribution in [0.5, 0.6) is 0 Å². The average Bonchev–Trinajstić information content (AvgIpc) is 2.42. The number of ether oxygens (including phenoxy) is 2. The van der Waals surface area contributed by atoms with Gasteiger partial charge in [0.1, 0.15) is 0 Å². The SMILES string of the molecule is COC(CC(CN)N(C)Cc1ccc(C)cc1)OC. The summed E-state index contributed by atoms with van der Waals surface area (Å²) in [7, 11) is 5.39. The van der Waals surface area contributed by atoms with E-state index in [1.54, 1.807) is 14.2 Å². The molecule has 0 heterocycles. The van der Waals surface area contributed by atoms with Crippen LogP contribution in [0.15, 0.2) is 24.3 Å². The van der Waals surface area contributed by atoms with Crippen molar-refractivity contribution in [3.63, 3.8) is 0 Å². The lowest BCUT2D eigenvalue weighted by Crippen LogP contribution is -2.40. The zero-order valence-electron chi connectivity index (χ0n) is 12.4. The molecule has 0 aliphatic heterocycles. The number of likely N-dealkylation sites (N-methyl/N-ethyl adjacent to an activating group) is 1. The van der Waals surface area contributed by atoms with E-state index in [2.05, 4.69) is 43.1 Å². The van der Waals surface area contributed by atoms with Gasteiger partial charge in [-0.3, -0.25) is 4.90 Å². The molecule has 1 aromatic carbocycles. The molecular formula is C15H26N2O2. The van der Waals surface area contributed by atoms with Gasteiger partial charge in [0.2, 0.25) is 0 Å². The number of nitrogens with zero attached hydrogens (tertiary/aromatic N) is 1. The molecule has 0 aliphatic carbocycles. The number of hydrogen-bond acceptors (Lipinski definition) is 4. The largest absolute Gasteiger partial charge is 0.356 e. The highest BCUT2D eigenvalue weighted by molar-refractivity contribution is 5.21. The minimum absolute atomic E-state index is 0.200. The van der Waals surface area contributed by atoms with Gasteiger partial charge in [0, 0.05) is 39.8 Å². The van der Waals surface area contributed by atoms with Gasteiger partial charge >= 0.3 is 0 Å². The Morgan fingerprint density at radius 1 is 1.16 bits per heavy atom. The minimum Gasteiger partial charge on any atom is -0.356 e. The second kappa shape index (κ2) is 8.27. The third-order valence-electron chi connectivity index (χ3n) is 3.44. The van der Waals surface area contributed by atoms with Crippen LogP contribution in [0.4, 0.5) is 0 Å². The molecule has 0 spiro atoms. The lowest BCUT2D eigenvalue weighted by molar-refractivity contribution is -0.116. The predicted octanol–water partition coefficient (Wildman–Crippen LogP) is 1.76. The first-order valence-electron chi connectivity index (χ1n) is 6.62. The second-order valence-corrected chi connectivity index (χ2v) is 4.93. The first-order valence-corrected chi connectivity index (χ1v) is 6.62. The van der Waals surface area contributed by atoms with Crippen LogP contribution in [0.25, 0.3) is 0 Å². The third kappa shape index (κ3) is 5.28. The predicted molar refractivity (Wildman–Crippen MR) is 77.9 cm³/mol. The van der Waals surface area contributed by atoms with Crippen molar-refractivity contribution >= 4 is 0 Å². The molecule has 0 fully saturated rings. The van der Waals surface area contributed by atoms with Gasteiger partial charge < -0.3 is 15.2 Å². The van der Waals surface area contributed by atoms with Gasteiger partial charge in [0.25, 0.3) is 0 Å². The molecular weight excluding hydrogens is 240 g/mol. The molecule has 0 saturated heterocycles. The van der Waals surface area contributed by atoms with Gasteiger partial charge in [-0.2, -0.15) is 0 Å². The molecule has 19 heavy (non-hydrogen) atoms. The van der Waals surface area contributed by atoms with E-state index in [0.717, 1.165) is 13.0 Å². The maximum atomic E-state index is 5.86. The Balaban J connectivity index is 2.57. The Morgan fingerprint density at radius 3 is 2.21 bits per heavy atom.